The Kier molecular flexibility index (Phi) is 4.60. The van der Waals surface area contributed by atoms with Crippen molar-refractivity contribution in [1.82, 2.24) is 19.9 Å². The van der Waals surface area contributed by atoms with Crippen molar-refractivity contribution in [2.45, 2.75) is 23.9 Å². The van der Waals surface area contributed by atoms with Gasteiger partial charge in [0.1, 0.15) is 5.82 Å². The quantitative estimate of drug-likeness (QED) is 0.529. The normalized spacial score (nSPS) is 12.5. The van der Waals surface area contributed by atoms with E-state index in [1.165, 1.54) is 23.9 Å². The lowest BCUT2D eigenvalue weighted by Gasteiger charge is -2.11. The number of carbonyl (C=O) groups is 1. The lowest BCUT2D eigenvalue weighted by atomic mass is 10.2. The Balaban J connectivity index is 1.47. The third-order valence-electron chi connectivity index (χ3n) is 3.94. The molecule has 0 saturated carbocycles. The molecule has 1 unspecified atom stereocenters. The zero-order chi connectivity index (χ0) is 18.1. The van der Waals surface area contributed by atoms with Gasteiger partial charge in [0.2, 0.25) is 10.9 Å². The maximum absolute atomic E-state index is 12.9. The number of para-hydroxylation sites is 1. The average molecular weight is 386 g/mol. The van der Waals surface area contributed by atoms with E-state index in [4.69, 9.17) is 0 Å². The Labute approximate surface area is 157 Å². The number of thioether (sulfide) groups is 1. The van der Waals surface area contributed by atoms with Gasteiger partial charge in [-0.05, 0) is 36.8 Å². The number of nitrogens with zero attached hydrogens (tertiary/aromatic N) is 3. The van der Waals surface area contributed by atoms with E-state index in [1.807, 2.05) is 35.6 Å². The maximum atomic E-state index is 12.9. The predicted molar refractivity (Wildman–Crippen MR) is 102 cm³/mol. The van der Waals surface area contributed by atoms with Gasteiger partial charge in [0.05, 0.1) is 15.5 Å². The molecule has 26 heavy (non-hydrogen) atoms. The number of rotatable bonds is 5. The molecule has 0 radical (unpaired) electrons. The van der Waals surface area contributed by atoms with Gasteiger partial charge >= 0.3 is 0 Å². The largest absolute Gasteiger partial charge is 0.351 e. The molecule has 4 rings (SSSR count). The Hall–Kier alpha value is -2.45. The third kappa shape index (κ3) is 3.30. The van der Waals surface area contributed by atoms with Crippen LogP contribution in [0.4, 0.5) is 4.39 Å². The van der Waals surface area contributed by atoms with Crippen molar-refractivity contribution >= 4 is 44.2 Å². The predicted octanol–water partition coefficient (Wildman–Crippen LogP) is 3.88. The number of halogens is 1. The number of hydrogen-bond acceptors (Lipinski definition) is 5. The summed E-state index contributed by atoms with van der Waals surface area (Å²) in [5.74, 6) is -0.390. The second-order valence-corrected chi connectivity index (χ2v) is 8.09. The van der Waals surface area contributed by atoms with Crippen LogP contribution in [0.3, 0.4) is 0 Å². The number of nitrogens with one attached hydrogen (secondary N) is 1. The Morgan fingerprint density at radius 2 is 2.00 bits per heavy atom. The van der Waals surface area contributed by atoms with E-state index >= 15 is 0 Å². The SMILES string of the molecule is CC(Sc1nnc2sc3ccccc3n12)C(=O)NCc1ccc(F)cc1. The molecule has 1 atom stereocenters. The zero-order valence-electron chi connectivity index (χ0n) is 13.8. The van der Waals surface area contributed by atoms with Gasteiger partial charge in [-0.25, -0.2) is 4.39 Å². The minimum atomic E-state index is -0.332. The number of aromatic nitrogens is 3. The van der Waals surface area contributed by atoms with E-state index in [1.54, 1.807) is 23.5 Å². The first-order chi connectivity index (χ1) is 12.6. The highest BCUT2D eigenvalue weighted by Gasteiger charge is 2.19. The minimum absolute atomic E-state index is 0.101. The van der Waals surface area contributed by atoms with Crippen LogP contribution in [-0.2, 0) is 11.3 Å². The molecule has 2 heterocycles. The smallest absolute Gasteiger partial charge is 0.233 e. The molecule has 8 heteroatoms. The highest BCUT2D eigenvalue weighted by molar-refractivity contribution is 8.00. The van der Waals surface area contributed by atoms with Crippen LogP contribution in [0.5, 0.6) is 0 Å². The molecule has 132 valence electrons. The molecular formula is C18H15FN4OS2. The van der Waals surface area contributed by atoms with Crippen LogP contribution < -0.4 is 5.32 Å². The summed E-state index contributed by atoms with van der Waals surface area (Å²) >= 11 is 2.94. The molecule has 0 saturated heterocycles. The summed E-state index contributed by atoms with van der Waals surface area (Å²) in [6.07, 6.45) is 0. The number of benzene rings is 2. The molecule has 2 aromatic heterocycles. The van der Waals surface area contributed by atoms with Crippen LogP contribution >= 0.6 is 23.1 Å². The monoisotopic (exact) mass is 386 g/mol. The first kappa shape index (κ1) is 17.0. The van der Waals surface area contributed by atoms with E-state index in [9.17, 15) is 9.18 Å². The molecule has 0 aliphatic heterocycles. The fourth-order valence-electron chi connectivity index (χ4n) is 2.58. The maximum Gasteiger partial charge on any atom is 0.233 e. The molecule has 0 aliphatic rings. The molecule has 0 spiro atoms. The van der Waals surface area contributed by atoms with Crippen LogP contribution in [-0.4, -0.2) is 25.8 Å². The van der Waals surface area contributed by atoms with E-state index < -0.39 is 0 Å². The molecule has 1 N–H and O–H groups in total. The van der Waals surface area contributed by atoms with Crippen molar-refractivity contribution in [3.8, 4) is 0 Å². The van der Waals surface area contributed by atoms with E-state index in [0.717, 1.165) is 20.7 Å². The molecule has 2 aromatic carbocycles. The second-order valence-electron chi connectivity index (χ2n) is 5.77. The van der Waals surface area contributed by atoms with Gasteiger partial charge in [-0.15, -0.1) is 10.2 Å². The summed E-state index contributed by atoms with van der Waals surface area (Å²) in [6.45, 7) is 2.20. The Bertz CT molecular complexity index is 1070. The van der Waals surface area contributed by atoms with Gasteiger partial charge in [0.15, 0.2) is 5.16 Å². The fourth-order valence-corrected chi connectivity index (χ4v) is 4.49. The van der Waals surface area contributed by atoms with Crippen molar-refractivity contribution in [2.24, 2.45) is 0 Å². The average Bonchev–Trinajstić information content (AvgIpc) is 3.20. The van der Waals surface area contributed by atoms with Crippen molar-refractivity contribution in [2.75, 3.05) is 0 Å². The number of fused-ring (bicyclic) bond motifs is 3. The number of hydrogen-bond donors (Lipinski definition) is 1. The summed E-state index contributed by atoms with van der Waals surface area (Å²) < 4.78 is 16.0. The third-order valence-corrected chi connectivity index (χ3v) is 6.00. The molecule has 0 aliphatic carbocycles. The van der Waals surface area contributed by atoms with Gasteiger partial charge in [-0.3, -0.25) is 9.20 Å². The van der Waals surface area contributed by atoms with Gasteiger partial charge in [-0.2, -0.15) is 0 Å². The van der Waals surface area contributed by atoms with Crippen LogP contribution in [0.2, 0.25) is 0 Å². The standard InChI is InChI=1S/C18H15FN4OS2/c1-11(16(24)20-10-12-6-8-13(19)9-7-12)25-17-21-22-18-23(17)14-4-2-3-5-15(14)26-18/h2-9,11H,10H2,1H3,(H,20,24). The van der Waals surface area contributed by atoms with E-state index in [-0.39, 0.29) is 17.0 Å². The molecular weight excluding hydrogens is 371 g/mol. The topological polar surface area (TPSA) is 59.3 Å². The molecule has 0 bridgehead atoms. The number of thiazole rings is 1. The van der Waals surface area contributed by atoms with E-state index in [0.29, 0.717) is 11.7 Å². The number of amides is 1. The van der Waals surface area contributed by atoms with Crippen LogP contribution in [0.1, 0.15) is 12.5 Å². The first-order valence-corrected chi connectivity index (χ1v) is 9.73. The van der Waals surface area contributed by atoms with Crippen LogP contribution in [0, 0.1) is 5.82 Å². The summed E-state index contributed by atoms with van der Waals surface area (Å²) in [4.78, 5) is 13.2. The second kappa shape index (κ2) is 7.05. The molecule has 5 nitrogen and oxygen atoms in total. The fraction of sp³-hybridized carbons (Fsp3) is 0.167. The van der Waals surface area contributed by atoms with Crippen molar-refractivity contribution in [3.63, 3.8) is 0 Å². The summed E-state index contributed by atoms with van der Waals surface area (Å²) in [6, 6.07) is 14.1. The minimum Gasteiger partial charge on any atom is -0.351 e. The van der Waals surface area contributed by atoms with Gasteiger partial charge in [0.25, 0.3) is 0 Å². The lowest BCUT2D eigenvalue weighted by Crippen LogP contribution is -2.30. The summed E-state index contributed by atoms with van der Waals surface area (Å²) in [5.41, 5.74) is 1.89. The first-order valence-electron chi connectivity index (χ1n) is 8.03. The van der Waals surface area contributed by atoms with Gasteiger partial charge < -0.3 is 5.32 Å². The molecule has 0 fully saturated rings. The Morgan fingerprint density at radius 3 is 2.81 bits per heavy atom. The highest BCUT2D eigenvalue weighted by atomic mass is 32.2. The van der Waals surface area contributed by atoms with Gasteiger partial charge in [0, 0.05) is 6.54 Å². The summed E-state index contributed by atoms with van der Waals surface area (Å²) in [7, 11) is 0. The lowest BCUT2D eigenvalue weighted by molar-refractivity contribution is -0.120. The van der Waals surface area contributed by atoms with Crippen LogP contribution in [0.15, 0.2) is 53.7 Å². The van der Waals surface area contributed by atoms with Crippen molar-refractivity contribution in [1.29, 1.82) is 0 Å². The van der Waals surface area contributed by atoms with Crippen molar-refractivity contribution in [3.05, 3.63) is 59.9 Å². The summed E-state index contributed by atoms with van der Waals surface area (Å²) in [5, 5.41) is 11.7. The zero-order valence-corrected chi connectivity index (χ0v) is 15.5. The Morgan fingerprint density at radius 1 is 1.23 bits per heavy atom. The highest BCUT2D eigenvalue weighted by Crippen LogP contribution is 2.31. The molecule has 1 amide bonds. The molecule has 4 aromatic rings. The number of carbonyl (C=O) groups excluding carboxylic acids is 1. The van der Waals surface area contributed by atoms with E-state index in [2.05, 4.69) is 15.5 Å². The van der Waals surface area contributed by atoms with Crippen LogP contribution in [0.25, 0.3) is 15.2 Å². The van der Waals surface area contributed by atoms with Crippen molar-refractivity contribution < 1.29 is 9.18 Å². The van der Waals surface area contributed by atoms with Gasteiger partial charge in [-0.1, -0.05) is 47.4 Å².